The molecule has 2 aromatic rings. The van der Waals surface area contributed by atoms with Crippen LogP contribution in [0.15, 0.2) is 29.1 Å². The molecule has 1 aromatic heterocycles. The zero-order chi connectivity index (χ0) is 12.3. The third-order valence-corrected chi connectivity index (χ3v) is 2.07. The molecule has 0 amide bonds. The number of hydrogen-bond donors (Lipinski definition) is 0. The van der Waals surface area contributed by atoms with Gasteiger partial charge in [-0.15, -0.1) is 5.10 Å². The molecular formula is C10H9N3O4. The van der Waals surface area contributed by atoms with Gasteiger partial charge in [0.25, 0.3) is 0 Å². The van der Waals surface area contributed by atoms with Gasteiger partial charge in [-0.2, -0.15) is 0 Å². The largest absolute Gasteiger partial charge is 0.466 e. The van der Waals surface area contributed by atoms with Crippen molar-refractivity contribution in [2.24, 2.45) is 0 Å². The highest BCUT2D eigenvalue weighted by atomic mass is 16.7. The lowest BCUT2D eigenvalue weighted by Gasteiger charge is -2.04. The third-order valence-electron chi connectivity index (χ3n) is 2.07. The average Bonchev–Trinajstić information content (AvgIpc) is 2.38. The van der Waals surface area contributed by atoms with Crippen LogP contribution in [0.1, 0.15) is 0 Å². The van der Waals surface area contributed by atoms with Crippen molar-refractivity contribution in [3.8, 4) is 0 Å². The Morgan fingerprint density at radius 2 is 2.18 bits per heavy atom. The molecule has 7 heteroatoms. The first-order valence-corrected chi connectivity index (χ1v) is 4.77. The van der Waals surface area contributed by atoms with E-state index < -0.39 is 18.1 Å². The van der Waals surface area contributed by atoms with Crippen molar-refractivity contribution in [2.45, 2.75) is 0 Å². The second-order valence-corrected chi connectivity index (χ2v) is 3.13. The highest BCUT2D eigenvalue weighted by molar-refractivity contribution is 5.76. The van der Waals surface area contributed by atoms with E-state index in [0.29, 0.717) is 15.7 Å². The van der Waals surface area contributed by atoms with E-state index in [1.54, 1.807) is 24.3 Å². The van der Waals surface area contributed by atoms with Crippen LogP contribution in [0.5, 0.6) is 0 Å². The van der Waals surface area contributed by atoms with Crippen LogP contribution < -0.4 is 10.4 Å². The molecule has 0 saturated heterocycles. The van der Waals surface area contributed by atoms with Gasteiger partial charge in [-0.25, -0.2) is 4.79 Å². The SMILES string of the molecule is COC(=O)COn1nnc2ccccc2c1=O. The van der Waals surface area contributed by atoms with Gasteiger partial charge in [-0.05, 0) is 22.2 Å². The summed E-state index contributed by atoms with van der Waals surface area (Å²) in [6.45, 7) is -0.399. The Kier molecular flexibility index (Phi) is 2.99. The fourth-order valence-electron chi connectivity index (χ4n) is 1.23. The Morgan fingerprint density at radius 1 is 1.41 bits per heavy atom. The number of rotatable bonds is 3. The first kappa shape index (κ1) is 11.1. The van der Waals surface area contributed by atoms with Gasteiger partial charge in [0.05, 0.1) is 12.5 Å². The summed E-state index contributed by atoms with van der Waals surface area (Å²) < 4.78 is 4.37. The van der Waals surface area contributed by atoms with Gasteiger partial charge in [0.15, 0.2) is 0 Å². The van der Waals surface area contributed by atoms with Crippen molar-refractivity contribution in [3.63, 3.8) is 0 Å². The molecule has 0 radical (unpaired) electrons. The maximum absolute atomic E-state index is 11.8. The fraction of sp³-hybridized carbons (Fsp3) is 0.200. The number of fused-ring (bicyclic) bond motifs is 1. The van der Waals surface area contributed by atoms with Crippen LogP contribution in [0.25, 0.3) is 10.9 Å². The van der Waals surface area contributed by atoms with E-state index in [2.05, 4.69) is 15.0 Å². The molecule has 0 N–H and O–H groups in total. The van der Waals surface area contributed by atoms with Crippen LogP contribution in [0.3, 0.4) is 0 Å². The normalized spacial score (nSPS) is 10.2. The summed E-state index contributed by atoms with van der Waals surface area (Å²) in [6.07, 6.45) is 0. The van der Waals surface area contributed by atoms with Crippen LogP contribution in [-0.2, 0) is 9.53 Å². The molecule has 88 valence electrons. The van der Waals surface area contributed by atoms with Crippen molar-refractivity contribution in [2.75, 3.05) is 13.7 Å². The molecule has 0 aliphatic heterocycles. The van der Waals surface area contributed by atoms with E-state index in [1.807, 2.05) is 0 Å². The lowest BCUT2D eigenvalue weighted by molar-refractivity contribution is -0.147. The Labute approximate surface area is 95.5 Å². The minimum atomic E-state index is -0.605. The molecule has 0 spiro atoms. The summed E-state index contributed by atoms with van der Waals surface area (Å²) in [4.78, 5) is 28.2. The van der Waals surface area contributed by atoms with Crippen molar-refractivity contribution in [1.82, 2.24) is 15.2 Å². The average molecular weight is 235 g/mol. The molecule has 0 atom stereocenters. The van der Waals surface area contributed by atoms with Gasteiger partial charge in [0.1, 0.15) is 5.52 Å². The summed E-state index contributed by atoms with van der Waals surface area (Å²) in [5, 5.41) is 7.69. The lowest BCUT2D eigenvalue weighted by atomic mass is 10.2. The maximum atomic E-state index is 11.8. The molecule has 0 unspecified atom stereocenters. The molecule has 7 nitrogen and oxygen atoms in total. The molecule has 1 heterocycles. The Balaban J connectivity index is 2.33. The van der Waals surface area contributed by atoms with Crippen LogP contribution >= 0.6 is 0 Å². The van der Waals surface area contributed by atoms with Crippen LogP contribution in [0.4, 0.5) is 0 Å². The number of benzene rings is 1. The summed E-state index contributed by atoms with van der Waals surface area (Å²) in [7, 11) is 1.22. The van der Waals surface area contributed by atoms with E-state index in [1.165, 1.54) is 7.11 Å². The van der Waals surface area contributed by atoms with E-state index in [9.17, 15) is 9.59 Å². The second-order valence-electron chi connectivity index (χ2n) is 3.13. The molecule has 0 aliphatic rings. The second kappa shape index (κ2) is 4.60. The molecule has 0 saturated carbocycles. The van der Waals surface area contributed by atoms with Gasteiger partial charge in [-0.3, -0.25) is 4.79 Å². The third kappa shape index (κ3) is 2.22. The molecule has 2 rings (SSSR count). The van der Waals surface area contributed by atoms with Gasteiger partial charge in [0.2, 0.25) is 6.61 Å². The minimum Gasteiger partial charge on any atom is -0.466 e. The van der Waals surface area contributed by atoms with Crippen LogP contribution in [0, 0.1) is 0 Å². The van der Waals surface area contributed by atoms with Gasteiger partial charge >= 0.3 is 11.5 Å². The fourth-order valence-corrected chi connectivity index (χ4v) is 1.23. The van der Waals surface area contributed by atoms with Gasteiger partial charge in [-0.1, -0.05) is 12.1 Å². The number of carbonyl (C=O) groups excluding carboxylic acids is 1. The van der Waals surface area contributed by atoms with Crippen LogP contribution in [0.2, 0.25) is 0 Å². The molecule has 0 fully saturated rings. The topological polar surface area (TPSA) is 83.3 Å². The molecule has 1 aromatic carbocycles. The number of ether oxygens (including phenoxy) is 1. The number of carbonyl (C=O) groups is 1. The molecule has 17 heavy (non-hydrogen) atoms. The molecule has 0 aliphatic carbocycles. The quantitative estimate of drug-likeness (QED) is 0.660. The summed E-state index contributed by atoms with van der Waals surface area (Å²) in [5.41, 5.74) is -0.00470. The Bertz CT molecular complexity index is 608. The molecular weight excluding hydrogens is 226 g/mol. The highest BCUT2D eigenvalue weighted by Crippen LogP contribution is 2.02. The number of nitrogens with zero attached hydrogens (tertiary/aromatic N) is 3. The number of aromatic nitrogens is 3. The van der Waals surface area contributed by atoms with Crippen molar-refractivity contribution < 1.29 is 14.4 Å². The number of methoxy groups -OCH3 is 1. The predicted molar refractivity (Wildman–Crippen MR) is 57.3 cm³/mol. The van der Waals surface area contributed by atoms with Crippen LogP contribution in [-0.4, -0.2) is 34.8 Å². The Morgan fingerprint density at radius 3 is 2.94 bits per heavy atom. The molecule has 0 bridgehead atoms. The number of esters is 1. The maximum Gasteiger partial charge on any atom is 0.346 e. The van der Waals surface area contributed by atoms with Crippen molar-refractivity contribution in [1.29, 1.82) is 0 Å². The zero-order valence-corrected chi connectivity index (χ0v) is 8.99. The number of hydrogen-bond acceptors (Lipinski definition) is 6. The van der Waals surface area contributed by atoms with E-state index in [-0.39, 0.29) is 0 Å². The summed E-state index contributed by atoms with van der Waals surface area (Å²) in [6, 6.07) is 6.71. The van der Waals surface area contributed by atoms with Gasteiger partial charge < -0.3 is 9.57 Å². The predicted octanol–water partition coefficient (Wildman–Crippen LogP) is -0.607. The standard InChI is InChI=1S/C10H9N3O4/c1-16-9(14)6-17-13-10(15)7-4-2-3-5-8(7)11-12-13/h2-5H,6H2,1H3. The first-order chi connectivity index (χ1) is 8.22. The summed E-state index contributed by atoms with van der Waals surface area (Å²) in [5.74, 6) is -0.605. The smallest absolute Gasteiger partial charge is 0.346 e. The van der Waals surface area contributed by atoms with E-state index in [4.69, 9.17) is 4.84 Å². The zero-order valence-electron chi connectivity index (χ0n) is 8.99. The Hall–Kier alpha value is -2.44. The van der Waals surface area contributed by atoms with Gasteiger partial charge in [0, 0.05) is 0 Å². The summed E-state index contributed by atoms with van der Waals surface area (Å²) >= 11 is 0. The lowest BCUT2D eigenvalue weighted by Crippen LogP contribution is -2.33. The van der Waals surface area contributed by atoms with Crippen molar-refractivity contribution in [3.05, 3.63) is 34.6 Å². The monoisotopic (exact) mass is 235 g/mol. The minimum absolute atomic E-state index is 0.368. The van der Waals surface area contributed by atoms with E-state index in [0.717, 1.165) is 0 Å². The first-order valence-electron chi connectivity index (χ1n) is 4.77. The van der Waals surface area contributed by atoms with Crippen molar-refractivity contribution >= 4 is 16.9 Å². The highest BCUT2D eigenvalue weighted by Gasteiger charge is 2.07. The van der Waals surface area contributed by atoms with E-state index >= 15 is 0 Å².